The Hall–Kier alpha value is -0.670. The third kappa shape index (κ3) is 2.92. The molecule has 0 amide bonds. The Morgan fingerprint density at radius 1 is 1.44 bits per heavy atom. The maximum atomic E-state index is 5.71. The van der Waals surface area contributed by atoms with Gasteiger partial charge in [0.1, 0.15) is 0 Å². The number of rotatable bonds is 3. The Morgan fingerprint density at radius 3 is 2.81 bits per heavy atom. The van der Waals surface area contributed by atoms with E-state index in [1.165, 1.54) is 19.5 Å². The van der Waals surface area contributed by atoms with Crippen molar-refractivity contribution in [2.24, 2.45) is 5.92 Å². The second kappa shape index (κ2) is 5.11. The predicted octanol–water partition coefficient (Wildman–Crippen LogP) is 2.40. The Balaban J connectivity index is 1.89. The first-order valence-electron chi connectivity index (χ1n) is 5.87. The Labute approximate surface area is 102 Å². The molecular formula is C12H18ClN3. The zero-order valence-corrected chi connectivity index (χ0v) is 10.6. The summed E-state index contributed by atoms with van der Waals surface area (Å²) in [7, 11) is 0. The van der Waals surface area contributed by atoms with Crippen molar-refractivity contribution in [3.63, 3.8) is 0 Å². The molecule has 1 aliphatic rings. The van der Waals surface area contributed by atoms with Crippen LogP contribution >= 0.6 is 11.6 Å². The molecule has 1 aromatic heterocycles. The van der Waals surface area contributed by atoms with Gasteiger partial charge in [-0.3, -0.25) is 0 Å². The molecule has 3 nitrogen and oxygen atoms in total. The first-order valence-corrected chi connectivity index (χ1v) is 6.25. The average Bonchev–Trinajstić information content (AvgIpc) is 2.70. The van der Waals surface area contributed by atoms with Gasteiger partial charge in [-0.25, -0.2) is 0 Å². The number of halogens is 1. The van der Waals surface area contributed by atoms with Crippen LogP contribution in [0.3, 0.4) is 0 Å². The summed E-state index contributed by atoms with van der Waals surface area (Å²) >= 11 is 5.71. The maximum absolute atomic E-state index is 5.71. The molecule has 0 aliphatic carbocycles. The van der Waals surface area contributed by atoms with E-state index in [9.17, 15) is 0 Å². The number of hydrogen-bond acceptors (Lipinski definition) is 3. The summed E-state index contributed by atoms with van der Waals surface area (Å²) in [6.45, 7) is 6.90. The van der Waals surface area contributed by atoms with Crippen molar-refractivity contribution in [3.8, 4) is 0 Å². The van der Waals surface area contributed by atoms with Crippen LogP contribution in [0.25, 0.3) is 0 Å². The Bertz CT molecular complexity index is 337. The van der Waals surface area contributed by atoms with Crippen LogP contribution in [0.1, 0.15) is 26.0 Å². The van der Waals surface area contributed by atoms with Crippen LogP contribution in [-0.4, -0.2) is 34.2 Å². The molecule has 0 N–H and O–H groups in total. The molecule has 0 saturated carbocycles. The minimum Gasteiger partial charge on any atom is -0.301 e. The fourth-order valence-electron chi connectivity index (χ4n) is 2.25. The first-order chi connectivity index (χ1) is 7.65. The lowest BCUT2D eigenvalue weighted by Gasteiger charge is -2.20. The summed E-state index contributed by atoms with van der Waals surface area (Å²) in [5, 5.41) is 8.46. The molecule has 1 aliphatic heterocycles. The lowest BCUT2D eigenvalue weighted by molar-refractivity contribution is 0.264. The average molecular weight is 240 g/mol. The Morgan fingerprint density at radius 2 is 2.25 bits per heavy atom. The second-order valence-corrected chi connectivity index (χ2v) is 5.18. The molecular weight excluding hydrogens is 222 g/mol. The minimum absolute atomic E-state index is 0.471. The summed E-state index contributed by atoms with van der Waals surface area (Å²) in [4.78, 5) is 2.52. The van der Waals surface area contributed by atoms with Crippen LogP contribution < -0.4 is 0 Å². The minimum atomic E-state index is 0.471. The lowest BCUT2D eigenvalue weighted by atomic mass is 10.0. The van der Waals surface area contributed by atoms with E-state index in [1.54, 1.807) is 0 Å². The van der Waals surface area contributed by atoms with Crippen LogP contribution in [0, 0.1) is 5.92 Å². The van der Waals surface area contributed by atoms with Crippen molar-refractivity contribution in [2.75, 3.05) is 13.1 Å². The Kier molecular flexibility index (Phi) is 3.77. The largest absolute Gasteiger partial charge is 0.301 e. The van der Waals surface area contributed by atoms with Gasteiger partial charge in [0, 0.05) is 12.6 Å². The maximum Gasteiger partial charge on any atom is 0.151 e. The molecule has 0 spiro atoms. The quantitative estimate of drug-likeness (QED) is 0.811. The van der Waals surface area contributed by atoms with Gasteiger partial charge in [0.2, 0.25) is 0 Å². The summed E-state index contributed by atoms with van der Waals surface area (Å²) in [6, 6.07) is 4.45. The summed E-state index contributed by atoms with van der Waals surface area (Å²) in [6.07, 6.45) is 2.29. The van der Waals surface area contributed by atoms with Crippen molar-refractivity contribution < 1.29 is 0 Å². The van der Waals surface area contributed by atoms with E-state index in [2.05, 4.69) is 28.9 Å². The van der Waals surface area contributed by atoms with Crippen molar-refractivity contribution in [1.29, 1.82) is 0 Å². The predicted molar refractivity (Wildman–Crippen MR) is 65.6 cm³/mol. The molecule has 0 bridgehead atoms. The van der Waals surface area contributed by atoms with Crippen molar-refractivity contribution in [2.45, 2.75) is 32.7 Å². The van der Waals surface area contributed by atoms with Gasteiger partial charge in [0.15, 0.2) is 5.15 Å². The number of aromatic nitrogens is 2. The second-order valence-electron chi connectivity index (χ2n) is 4.79. The molecule has 2 heterocycles. The summed E-state index contributed by atoms with van der Waals surface area (Å²) in [5.41, 5.74) is 1.06. The van der Waals surface area contributed by atoms with Crippen molar-refractivity contribution in [1.82, 2.24) is 15.1 Å². The highest BCUT2D eigenvalue weighted by molar-refractivity contribution is 6.29. The highest BCUT2D eigenvalue weighted by Crippen LogP contribution is 2.21. The van der Waals surface area contributed by atoms with Crippen LogP contribution in [0.5, 0.6) is 0 Å². The standard InChI is InChI=1S/C12H18ClN3/c1-9(2)16-6-5-10(8-16)7-11-3-4-12(13)15-14-11/h3-4,9-10H,5-8H2,1-2H3. The lowest BCUT2D eigenvalue weighted by Crippen LogP contribution is -2.28. The van der Waals surface area contributed by atoms with Crippen molar-refractivity contribution in [3.05, 3.63) is 23.0 Å². The molecule has 1 atom stereocenters. The van der Waals surface area contributed by atoms with Gasteiger partial charge in [-0.05, 0) is 51.3 Å². The van der Waals surface area contributed by atoms with E-state index < -0.39 is 0 Å². The van der Waals surface area contributed by atoms with Crippen LogP contribution in [0.15, 0.2) is 12.1 Å². The van der Waals surface area contributed by atoms with E-state index in [4.69, 9.17) is 11.6 Å². The van der Waals surface area contributed by atoms with Gasteiger partial charge in [-0.15, -0.1) is 5.10 Å². The van der Waals surface area contributed by atoms with Crippen LogP contribution in [0.2, 0.25) is 5.15 Å². The van der Waals surface area contributed by atoms with E-state index in [1.807, 2.05) is 12.1 Å². The summed E-state index contributed by atoms with van der Waals surface area (Å²) in [5.74, 6) is 0.720. The monoisotopic (exact) mass is 239 g/mol. The molecule has 1 saturated heterocycles. The van der Waals surface area contributed by atoms with Crippen LogP contribution in [-0.2, 0) is 6.42 Å². The molecule has 0 radical (unpaired) electrons. The highest BCUT2D eigenvalue weighted by atomic mass is 35.5. The van der Waals surface area contributed by atoms with Gasteiger partial charge in [0.05, 0.1) is 5.69 Å². The van der Waals surface area contributed by atoms with Gasteiger partial charge in [0.25, 0.3) is 0 Å². The zero-order valence-electron chi connectivity index (χ0n) is 9.86. The molecule has 16 heavy (non-hydrogen) atoms. The molecule has 1 unspecified atom stereocenters. The fourth-order valence-corrected chi connectivity index (χ4v) is 2.35. The third-order valence-electron chi connectivity index (χ3n) is 3.23. The van der Waals surface area contributed by atoms with E-state index in [-0.39, 0.29) is 0 Å². The number of likely N-dealkylation sites (tertiary alicyclic amines) is 1. The van der Waals surface area contributed by atoms with Gasteiger partial charge in [-0.2, -0.15) is 5.10 Å². The smallest absolute Gasteiger partial charge is 0.151 e. The summed E-state index contributed by atoms with van der Waals surface area (Å²) < 4.78 is 0. The molecule has 1 aromatic rings. The first kappa shape index (κ1) is 11.8. The van der Waals surface area contributed by atoms with E-state index in [0.717, 1.165) is 18.0 Å². The van der Waals surface area contributed by atoms with E-state index in [0.29, 0.717) is 11.2 Å². The van der Waals surface area contributed by atoms with Crippen molar-refractivity contribution >= 4 is 11.6 Å². The van der Waals surface area contributed by atoms with Gasteiger partial charge >= 0.3 is 0 Å². The van der Waals surface area contributed by atoms with E-state index >= 15 is 0 Å². The third-order valence-corrected chi connectivity index (χ3v) is 3.43. The van der Waals surface area contributed by atoms with Gasteiger partial charge in [-0.1, -0.05) is 11.6 Å². The fraction of sp³-hybridized carbons (Fsp3) is 0.667. The molecule has 1 fully saturated rings. The topological polar surface area (TPSA) is 29.0 Å². The molecule has 0 aromatic carbocycles. The zero-order chi connectivity index (χ0) is 11.5. The van der Waals surface area contributed by atoms with Crippen LogP contribution in [0.4, 0.5) is 0 Å². The number of hydrogen-bond donors (Lipinski definition) is 0. The SMILES string of the molecule is CC(C)N1CCC(Cc2ccc(Cl)nn2)C1. The normalized spacial score (nSPS) is 21.9. The molecule has 88 valence electrons. The number of nitrogens with zero attached hydrogens (tertiary/aromatic N) is 3. The van der Waals surface area contributed by atoms with Gasteiger partial charge < -0.3 is 4.90 Å². The molecule has 2 rings (SSSR count). The highest BCUT2D eigenvalue weighted by Gasteiger charge is 2.24. The molecule has 4 heteroatoms.